The molecule has 7 nitrogen and oxygen atoms in total. The average Bonchev–Trinajstić information content (AvgIpc) is 2.74. The number of fused-ring (bicyclic) bond motifs is 1. The van der Waals surface area contributed by atoms with Gasteiger partial charge in [-0.25, -0.2) is 4.79 Å². The summed E-state index contributed by atoms with van der Waals surface area (Å²) in [5.74, 6) is 0.565. The van der Waals surface area contributed by atoms with Crippen LogP contribution in [-0.4, -0.2) is 21.0 Å². The van der Waals surface area contributed by atoms with Crippen molar-refractivity contribution in [1.82, 2.24) is 15.0 Å². The van der Waals surface area contributed by atoms with Gasteiger partial charge in [0.1, 0.15) is 17.0 Å². The van der Waals surface area contributed by atoms with E-state index in [1.54, 1.807) is 48.5 Å². The van der Waals surface area contributed by atoms with Crippen molar-refractivity contribution in [2.75, 3.05) is 0 Å². The van der Waals surface area contributed by atoms with Gasteiger partial charge < -0.3 is 9.47 Å². The van der Waals surface area contributed by atoms with Crippen LogP contribution >= 0.6 is 0 Å². The van der Waals surface area contributed by atoms with Crippen molar-refractivity contribution < 1.29 is 14.3 Å². The van der Waals surface area contributed by atoms with Crippen LogP contribution in [-0.2, 0) is 11.5 Å². The van der Waals surface area contributed by atoms with Crippen molar-refractivity contribution in [3.8, 4) is 11.5 Å². The largest absolute Gasteiger partial charge is 0.457 e. The molecule has 0 bridgehead atoms. The third-order valence-electron chi connectivity index (χ3n) is 4.00. The normalized spacial score (nSPS) is 10.6. The maximum atomic E-state index is 12.4. The standard InChI is InChI=1S/C21H15N3O4/c25-20-18-11-4-5-12-19(18)22-23-24(20)14-27-21(26)15-7-6-10-17(13-15)28-16-8-2-1-3-9-16/h1-13H,14H2. The molecule has 0 saturated carbocycles. The van der Waals surface area contributed by atoms with Crippen LogP contribution in [0.4, 0.5) is 0 Å². The highest BCUT2D eigenvalue weighted by Gasteiger charge is 2.11. The molecule has 0 aliphatic rings. The molecule has 0 atom stereocenters. The third kappa shape index (κ3) is 3.73. The number of para-hydroxylation sites is 1. The molecule has 1 heterocycles. The fraction of sp³-hybridized carbons (Fsp3) is 0.0476. The minimum atomic E-state index is -0.597. The summed E-state index contributed by atoms with van der Waals surface area (Å²) in [6.07, 6.45) is 0. The molecule has 0 N–H and O–H groups in total. The van der Waals surface area contributed by atoms with E-state index in [9.17, 15) is 9.59 Å². The molecule has 28 heavy (non-hydrogen) atoms. The van der Waals surface area contributed by atoms with Gasteiger partial charge in [-0.3, -0.25) is 4.79 Å². The van der Waals surface area contributed by atoms with Gasteiger partial charge in [0.15, 0.2) is 6.73 Å². The first-order chi connectivity index (χ1) is 13.7. The van der Waals surface area contributed by atoms with Crippen molar-refractivity contribution in [3.63, 3.8) is 0 Å². The number of carbonyl (C=O) groups excluding carboxylic acids is 1. The summed E-state index contributed by atoms with van der Waals surface area (Å²) in [5.41, 5.74) is 0.413. The van der Waals surface area contributed by atoms with Crippen LogP contribution in [0, 0.1) is 0 Å². The van der Waals surface area contributed by atoms with E-state index in [1.165, 1.54) is 0 Å². The summed E-state index contributed by atoms with van der Waals surface area (Å²) in [6.45, 7) is -0.334. The Hall–Kier alpha value is -4.00. The predicted octanol–water partition coefficient (Wildman–Crippen LogP) is 3.40. The van der Waals surface area contributed by atoms with Crippen LogP contribution in [0.25, 0.3) is 10.9 Å². The number of aromatic nitrogens is 3. The molecule has 0 spiro atoms. The van der Waals surface area contributed by atoms with E-state index in [-0.39, 0.29) is 12.3 Å². The fourth-order valence-electron chi connectivity index (χ4n) is 2.62. The Morgan fingerprint density at radius 3 is 2.50 bits per heavy atom. The van der Waals surface area contributed by atoms with Gasteiger partial charge in [-0.05, 0) is 42.5 Å². The van der Waals surface area contributed by atoms with Crippen LogP contribution in [0.2, 0.25) is 0 Å². The van der Waals surface area contributed by atoms with E-state index in [0.29, 0.717) is 28.0 Å². The molecule has 0 aliphatic heterocycles. The van der Waals surface area contributed by atoms with Gasteiger partial charge in [0.2, 0.25) is 0 Å². The molecule has 4 aromatic rings. The molecule has 0 saturated heterocycles. The summed E-state index contributed by atoms with van der Waals surface area (Å²) in [5, 5.41) is 8.16. The quantitative estimate of drug-likeness (QED) is 0.499. The molecule has 0 fully saturated rings. The van der Waals surface area contributed by atoms with E-state index < -0.39 is 5.97 Å². The first-order valence-corrected chi connectivity index (χ1v) is 8.53. The van der Waals surface area contributed by atoms with E-state index in [0.717, 1.165) is 4.68 Å². The number of benzene rings is 3. The zero-order valence-electron chi connectivity index (χ0n) is 14.7. The second-order valence-corrected chi connectivity index (χ2v) is 5.92. The van der Waals surface area contributed by atoms with Crippen molar-refractivity contribution in [2.45, 2.75) is 6.73 Å². The minimum Gasteiger partial charge on any atom is -0.457 e. The van der Waals surface area contributed by atoms with Crippen LogP contribution in [0.15, 0.2) is 83.7 Å². The molecular formula is C21H15N3O4. The lowest BCUT2D eigenvalue weighted by atomic mass is 10.2. The third-order valence-corrected chi connectivity index (χ3v) is 4.00. The zero-order valence-corrected chi connectivity index (χ0v) is 14.7. The molecule has 0 aliphatic carbocycles. The Kier molecular flexibility index (Phi) is 4.79. The van der Waals surface area contributed by atoms with E-state index in [2.05, 4.69) is 10.3 Å². The lowest BCUT2D eigenvalue weighted by Gasteiger charge is -2.09. The lowest BCUT2D eigenvalue weighted by Crippen LogP contribution is -2.26. The van der Waals surface area contributed by atoms with Crippen LogP contribution in [0.5, 0.6) is 11.5 Å². The van der Waals surface area contributed by atoms with Crippen LogP contribution < -0.4 is 10.3 Å². The monoisotopic (exact) mass is 373 g/mol. The molecule has 3 aromatic carbocycles. The van der Waals surface area contributed by atoms with Crippen LogP contribution in [0.1, 0.15) is 10.4 Å². The topological polar surface area (TPSA) is 83.3 Å². The molecule has 0 unspecified atom stereocenters. The molecule has 1 aromatic heterocycles. The zero-order chi connectivity index (χ0) is 19.3. The van der Waals surface area contributed by atoms with Crippen molar-refractivity contribution in [2.24, 2.45) is 0 Å². The second kappa shape index (κ2) is 7.71. The Morgan fingerprint density at radius 1 is 0.893 bits per heavy atom. The molecule has 138 valence electrons. The van der Waals surface area contributed by atoms with Crippen molar-refractivity contribution in [1.29, 1.82) is 0 Å². The molecular weight excluding hydrogens is 358 g/mol. The van der Waals surface area contributed by atoms with Crippen molar-refractivity contribution in [3.05, 3.63) is 94.8 Å². The van der Waals surface area contributed by atoms with E-state index in [1.807, 2.05) is 30.3 Å². The number of carbonyl (C=O) groups is 1. The number of nitrogens with zero attached hydrogens (tertiary/aromatic N) is 3. The highest BCUT2D eigenvalue weighted by molar-refractivity contribution is 5.89. The summed E-state index contributed by atoms with van der Waals surface area (Å²) in [4.78, 5) is 24.7. The lowest BCUT2D eigenvalue weighted by molar-refractivity contribution is 0.0335. The number of hydrogen-bond acceptors (Lipinski definition) is 6. The van der Waals surface area contributed by atoms with Gasteiger partial charge in [-0.15, -0.1) is 5.10 Å². The highest BCUT2D eigenvalue weighted by atomic mass is 16.5. The van der Waals surface area contributed by atoms with Gasteiger partial charge >= 0.3 is 5.97 Å². The maximum absolute atomic E-state index is 12.4. The van der Waals surface area contributed by atoms with E-state index >= 15 is 0 Å². The molecule has 0 amide bonds. The molecule has 7 heteroatoms. The minimum absolute atomic E-state index is 0.301. The number of rotatable bonds is 5. The number of ether oxygens (including phenoxy) is 2. The number of hydrogen-bond donors (Lipinski definition) is 0. The molecule has 4 rings (SSSR count). The van der Waals surface area contributed by atoms with Crippen molar-refractivity contribution >= 4 is 16.9 Å². The Morgan fingerprint density at radius 2 is 1.64 bits per heavy atom. The summed E-state index contributed by atoms with van der Waals surface area (Å²) in [6, 6.07) is 22.7. The Labute approximate surface area is 159 Å². The van der Waals surface area contributed by atoms with Gasteiger partial charge in [0.25, 0.3) is 5.56 Å². The van der Waals surface area contributed by atoms with Gasteiger partial charge in [-0.1, -0.05) is 41.6 Å². The average molecular weight is 373 g/mol. The van der Waals surface area contributed by atoms with Gasteiger partial charge in [-0.2, -0.15) is 4.68 Å². The Bertz CT molecular complexity index is 1190. The van der Waals surface area contributed by atoms with E-state index in [4.69, 9.17) is 9.47 Å². The predicted molar refractivity (Wildman–Crippen MR) is 102 cm³/mol. The summed E-state index contributed by atoms with van der Waals surface area (Å²) in [7, 11) is 0. The van der Waals surface area contributed by atoms with Gasteiger partial charge in [0.05, 0.1) is 10.9 Å². The summed E-state index contributed by atoms with van der Waals surface area (Å²) >= 11 is 0. The summed E-state index contributed by atoms with van der Waals surface area (Å²) < 4.78 is 11.9. The maximum Gasteiger partial charge on any atom is 0.340 e. The Balaban J connectivity index is 1.48. The van der Waals surface area contributed by atoms with Crippen LogP contribution in [0.3, 0.4) is 0 Å². The fourth-order valence-corrected chi connectivity index (χ4v) is 2.62. The second-order valence-electron chi connectivity index (χ2n) is 5.92. The molecule has 0 radical (unpaired) electrons. The SMILES string of the molecule is O=C(OCn1nnc2ccccc2c1=O)c1cccc(Oc2ccccc2)c1. The van der Waals surface area contributed by atoms with Gasteiger partial charge in [0, 0.05) is 0 Å². The number of esters is 1. The first-order valence-electron chi connectivity index (χ1n) is 8.53. The first kappa shape index (κ1) is 17.4. The smallest absolute Gasteiger partial charge is 0.340 e. The highest BCUT2D eigenvalue weighted by Crippen LogP contribution is 2.22.